The molecule has 0 spiro atoms. The summed E-state index contributed by atoms with van der Waals surface area (Å²) in [6.45, 7) is 10.9. The fourth-order valence-electron chi connectivity index (χ4n) is 3.58. The lowest BCUT2D eigenvalue weighted by atomic mass is 10.2. The van der Waals surface area contributed by atoms with Crippen LogP contribution in [0.5, 0.6) is 0 Å². The van der Waals surface area contributed by atoms with Gasteiger partial charge in [0, 0.05) is 31.9 Å². The van der Waals surface area contributed by atoms with E-state index in [0.29, 0.717) is 6.54 Å². The minimum absolute atomic E-state index is 0.0141. The summed E-state index contributed by atoms with van der Waals surface area (Å²) in [5.74, 6) is 0.0141. The summed E-state index contributed by atoms with van der Waals surface area (Å²) in [5.41, 5.74) is 4.04. The summed E-state index contributed by atoms with van der Waals surface area (Å²) in [6.07, 6.45) is 0. The smallest absolute Gasteiger partial charge is 0.250 e. The minimum Gasteiger partial charge on any atom is -0.379 e. The molecule has 0 aliphatic carbocycles. The predicted molar refractivity (Wildman–Crippen MR) is 116 cm³/mol. The van der Waals surface area contributed by atoms with Crippen molar-refractivity contribution < 1.29 is 9.53 Å². The second-order valence-corrected chi connectivity index (χ2v) is 8.56. The van der Waals surface area contributed by atoms with E-state index in [9.17, 15) is 4.79 Å². The van der Waals surface area contributed by atoms with Gasteiger partial charge in [-0.15, -0.1) is 0 Å². The van der Waals surface area contributed by atoms with Crippen LogP contribution < -0.4 is 4.90 Å². The number of anilines is 1. The minimum atomic E-state index is 0.0141. The maximum absolute atomic E-state index is 13.3. The fourth-order valence-corrected chi connectivity index (χ4v) is 4.68. The molecule has 1 amide bonds. The maximum atomic E-state index is 13.3. The molecule has 1 saturated heterocycles. The lowest BCUT2D eigenvalue weighted by Gasteiger charge is -2.29. The maximum Gasteiger partial charge on any atom is 0.250 e. The first-order valence-corrected chi connectivity index (χ1v) is 10.8. The molecule has 1 aliphatic rings. The van der Waals surface area contributed by atoms with Crippen molar-refractivity contribution in [2.75, 3.05) is 44.3 Å². The molecule has 3 heterocycles. The highest BCUT2D eigenvalue weighted by molar-refractivity contribution is 7.22. The number of carbonyl (C=O) groups is 1. The normalized spacial score (nSPS) is 15.1. The molecule has 0 N–H and O–H groups in total. The molecule has 7 nitrogen and oxygen atoms in total. The summed E-state index contributed by atoms with van der Waals surface area (Å²) in [4.78, 5) is 22.2. The summed E-state index contributed by atoms with van der Waals surface area (Å²) in [5, 5.41) is 5.21. The average molecular weight is 414 g/mol. The standard InChI is InChI=1S/C21H27N5O2S/c1-15-4-5-18-19(12-15)29-21(22-18)25(7-6-24-8-10-28-11-9-24)20(27)14-26-17(3)13-16(2)23-26/h4-5,12-13H,6-11,14H2,1-3H3. The quantitative estimate of drug-likeness (QED) is 0.622. The molecule has 1 aliphatic heterocycles. The van der Waals surface area contributed by atoms with Gasteiger partial charge >= 0.3 is 0 Å². The Hall–Kier alpha value is -2.29. The third-order valence-electron chi connectivity index (χ3n) is 5.20. The van der Waals surface area contributed by atoms with Gasteiger partial charge in [-0.1, -0.05) is 17.4 Å². The van der Waals surface area contributed by atoms with Crippen molar-refractivity contribution in [2.45, 2.75) is 27.3 Å². The fraction of sp³-hybridized carbons (Fsp3) is 0.476. The zero-order chi connectivity index (χ0) is 20.4. The van der Waals surface area contributed by atoms with E-state index >= 15 is 0 Å². The third-order valence-corrected chi connectivity index (χ3v) is 6.24. The Morgan fingerprint density at radius 1 is 1.21 bits per heavy atom. The van der Waals surface area contributed by atoms with Crippen molar-refractivity contribution in [1.82, 2.24) is 19.7 Å². The van der Waals surface area contributed by atoms with Gasteiger partial charge in [0.25, 0.3) is 5.91 Å². The first-order chi connectivity index (χ1) is 14.0. The van der Waals surface area contributed by atoms with Crippen molar-refractivity contribution in [1.29, 1.82) is 0 Å². The van der Waals surface area contributed by atoms with Crippen LogP contribution in [0, 0.1) is 20.8 Å². The molecule has 4 rings (SSSR count). The van der Waals surface area contributed by atoms with Crippen LogP contribution in [0.15, 0.2) is 24.3 Å². The molecule has 29 heavy (non-hydrogen) atoms. The van der Waals surface area contributed by atoms with Crippen LogP contribution in [0.2, 0.25) is 0 Å². The molecule has 0 atom stereocenters. The molecule has 1 fully saturated rings. The first kappa shape index (κ1) is 20.0. The van der Waals surface area contributed by atoms with Gasteiger partial charge in [-0.2, -0.15) is 5.10 Å². The Balaban J connectivity index is 1.58. The number of morpholine rings is 1. The van der Waals surface area contributed by atoms with E-state index in [0.717, 1.165) is 59.6 Å². The van der Waals surface area contributed by atoms with Gasteiger partial charge in [0.15, 0.2) is 5.13 Å². The number of carbonyl (C=O) groups excluding carboxylic acids is 1. The zero-order valence-corrected chi connectivity index (χ0v) is 18.0. The van der Waals surface area contributed by atoms with Crippen molar-refractivity contribution >= 4 is 32.6 Å². The predicted octanol–water partition coefficient (Wildman–Crippen LogP) is 2.78. The second kappa shape index (κ2) is 8.61. The highest BCUT2D eigenvalue weighted by Crippen LogP contribution is 2.29. The number of ether oxygens (including phenoxy) is 1. The SMILES string of the molecule is Cc1ccc2nc(N(CCN3CCOCC3)C(=O)Cn3nc(C)cc3C)sc2c1. The van der Waals surface area contributed by atoms with Crippen molar-refractivity contribution in [3.8, 4) is 0 Å². The molecule has 2 aromatic heterocycles. The van der Waals surface area contributed by atoms with Crippen molar-refractivity contribution in [3.63, 3.8) is 0 Å². The Morgan fingerprint density at radius 3 is 2.72 bits per heavy atom. The molecule has 0 unspecified atom stereocenters. The molecule has 1 aromatic carbocycles. The number of aromatic nitrogens is 3. The number of hydrogen-bond acceptors (Lipinski definition) is 6. The van der Waals surface area contributed by atoms with Crippen LogP contribution in [-0.4, -0.2) is 65.0 Å². The molecule has 0 bridgehead atoms. The van der Waals surface area contributed by atoms with E-state index in [2.05, 4.69) is 29.1 Å². The number of amides is 1. The van der Waals surface area contributed by atoms with E-state index in [1.807, 2.05) is 30.9 Å². The largest absolute Gasteiger partial charge is 0.379 e. The van der Waals surface area contributed by atoms with Crippen molar-refractivity contribution in [2.24, 2.45) is 0 Å². The topological polar surface area (TPSA) is 63.5 Å². The van der Waals surface area contributed by atoms with Gasteiger partial charge in [0.2, 0.25) is 0 Å². The van der Waals surface area contributed by atoms with E-state index in [4.69, 9.17) is 9.72 Å². The van der Waals surface area contributed by atoms with Crippen molar-refractivity contribution in [3.05, 3.63) is 41.2 Å². The molecule has 0 saturated carbocycles. The van der Waals surface area contributed by atoms with E-state index < -0.39 is 0 Å². The van der Waals surface area contributed by atoms with Crippen LogP contribution in [0.25, 0.3) is 10.2 Å². The van der Waals surface area contributed by atoms with Crippen LogP contribution in [0.1, 0.15) is 17.0 Å². The van der Waals surface area contributed by atoms with E-state index in [-0.39, 0.29) is 12.5 Å². The lowest BCUT2D eigenvalue weighted by molar-refractivity contribution is -0.119. The number of thiazole rings is 1. The van der Waals surface area contributed by atoms with Gasteiger partial charge < -0.3 is 4.74 Å². The number of benzene rings is 1. The summed E-state index contributed by atoms with van der Waals surface area (Å²) in [6, 6.07) is 8.20. The van der Waals surface area contributed by atoms with Crippen LogP contribution in [-0.2, 0) is 16.1 Å². The molecular formula is C21H27N5O2S. The van der Waals surface area contributed by atoms with E-state index in [1.54, 1.807) is 16.0 Å². The first-order valence-electron chi connectivity index (χ1n) is 9.98. The Bertz CT molecular complexity index is 1010. The number of nitrogens with zero attached hydrogens (tertiary/aromatic N) is 5. The number of hydrogen-bond donors (Lipinski definition) is 0. The number of fused-ring (bicyclic) bond motifs is 1. The number of aryl methyl sites for hydroxylation is 3. The zero-order valence-electron chi connectivity index (χ0n) is 17.2. The number of rotatable bonds is 6. The van der Waals surface area contributed by atoms with Gasteiger partial charge in [-0.3, -0.25) is 19.3 Å². The lowest BCUT2D eigenvalue weighted by Crippen LogP contribution is -2.44. The Kier molecular flexibility index (Phi) is 5.94. The molecular weight excluding hydrogens is 386 g/mol. The molecule has 8 heteroatoms. The van der Waals surface area contributed by atoms with Gasteiger partial charge in [0.05, 0.1) is 29.1 Å². The highest BCUT2D eigenvalue weighted by atomic mass is 32.1. The molecule has 154 valence electrons. The summed E-state index contributed by atoms with van der Waals surface area (Å²) < 4.78 is 8.32. The van der Waals surface area contributed by atoms with Crippen LogP contribution >= 0.6 is 11.3 Å². The Labute approximate surface area is 174 Å². The monoisotopic (exact) mass is 413 g/mol. The van der Waals surface area contributed by atoms with E-state index in [1.165, 1.54) is 5.56 Å². The second-order valence-electron chi connectivity index (χ2n) is 7.55. The van der Waals surface area contributed by atoms with Crippen LogP contribution in [0.4, 0.5) is 5.13 Å². The summed E-state index contributed by atoms with van der Waals surface area (Å²) >= 11 is 1.58. The third kappa shape index (κ3) is 4.66. The van der Waals surface area contributed by atoms with Gasteiger partial charge in [-0.25, -0.2) is 4.98 Å². The van der Waals surface area contributed by atoms with Gasteiger partial charge in [0.1, 0.15) is 6.54 Å². The highest BCUT2D eigenvalue weighted by Gasteiger charge is 2.22. The molecule has 3 aromatic rings. The van der Waals surface area contributed by atoms with Crippen LogP contribution in [0.3, 0.4) is 0 Å². The summed E-state index contributed by atoms with van der Waals surface area (Å²) in [7, 11) is 0. The van der Waals surface area contributed by atoms with Gasteiger partial charge in [-0.05, 0) is 44.5 Å². The molecule has 0 radical (unpaired) electrons. The Morgan fingerprint density at radius 2 is 2.00 bits per heavy atom. The average Bonchev–Trinajstić information content (AvgIpc) is 3.24.